The van der Waals surface area contributed by atoms with Crippen molar-refractivity contribution in [2.75, 3.05) is 18.0 Å². The predicted molar refractivity (Wildman–Crippen MR) is 107 cm³/mol. The molecule has 2 aromatic carbocycles. The van der Waals surface area contributed by atoms with Gasteiger partial charge in [0, 0.05) is 30.6 Å². The summed E-state index contributed by atoms with van der Waals surface area (Å²) in [6.45, 7) is 1.35. The van der Waals surface area contributed by atoms with E-state index in [-0.39, 0.29) is 12.0 Å². The Balaban J connectivity index is 1.40. The van der Waals surface area contributed by atoms with E-state index in [1.165, 1.54) is 5.56 Å². The Labute approximate surface area is 157 Å². The van der Waals surface area contributed by atoms with Crippen molar-refractivity contribution in [2.24, 2.45) is 5.92 Å². The SMILES string of the molecule is O[C@H]1CN(c2cnc3ccccc3n2)C[C@H]1Cc1ccnc2ccccc12. The summed E-state index contributed by atoms with van der Waals surface area (Å²) in [4.78, 5) is 15.8. The molecule has 1 N–H and O–H groups in total. The van der Waals surface area contributed by atoms with E-state index in [0.29, 0.717) is 6.54 Å². The lowest BCUT2D eigenvalue weighted by atomic mass is 9.94. The highest BCUT2D eigenvalue weighted by atomic mass is 16.3. The maximum Gasteiger partial charge on any atom is 0.147 e. The summed E-state index contributed by atoms with van der Waals surface area (Å²) < 4.78 is 0. The normalized spacial score (nSPS) is 19.8. The minimum atomic E-state index is -0.384. The van der Waals surface area contributed by atoms with Crippen molar-refractivity contribution in [1.29, 1.82) is 0 Å². The third kappa shape index (κ3) is 3.00. The van der Waals surface area contributed by atoms with Gasteiger partial charge in [-0.1, -0.05) is 30.3 Å². The van der Waals surface area contributed by atoms with Crippen molar-refractivity contribution < 1.29 is 5.11 Å². The first-order valence-electron chi connectivity index (χ1n) is 9.25. The van der Waals surface area contributed by atoms with E-state index >= 15 is 0 Å². The zero-order valence-electron chi connectivity index (χ0n) is 14.9. The Morgan fingerprint density at radius 2 is 1.67 bits per heavy atom. The van der Waals surface area contributed by atoms with E-state index in [0.717, 1.165) is 40.7 Å². The van der Waals surface area contributed by atoms with Gasteiger partial charge in [-0.05, 0) is 36.2 Å². The van der Waals surface area contributed by atoms with Crippen LogP contribution in [0.25, 0.3) is 21.9 Å². The molecule has 1 aliphatic rings. The average molecular weight is 356 g/mol. The lowest BCUT2D eigenvalue weighted by molar-refractivity contribution is 0.148. The van der Waals surface area contributed by atoms with Crippen LogP contribution in [0.4, 0.5) is 5.82 Å². The van der Waals surface area contributed by atoms with Gasteiger partial charge in [-0.2, -0.15) is 0 Å². The van der Waals surface area contributed by atoms with Gasteiger partial charge in [-0.15, -0.1) is 0 Å². The van der Waals surface area contributed by atoms with Gasteiger partial charge in [-0.3, -0.25) is 9.97 Å². The highest BCUT2D eigenvalue weighted by Gasteiger charge is 2.32. The van der Waals surface area contributed by atoms with Crippen LogP contribution in [-0.2, 0) is 6.42 Å². The molecule has 0 spiro atoms. The Kier molecular flexibility index (Phi) is 3.94. The average Bonchev–Trinajstić information content (AvgIpc) is 3.08. The smallest absolute Gasteiger partial charge is 0.147 e. The number of rotatable bonds is 3. The Hall–Kier alpha value is -3.05. The van der Waals surface area contributed by atoms with Gasteiger partial charge in [0.1, 0.15) is 5.82 Å². The van der Waals surface area contributed by atoms with Gasteiger partial charge < -0.3 is 10.0 Å². The number of fused-ring (bicyclic) bond motifs is 2. The molecule has 0 amide bonds. The molecule has 27 heavy (non-hydrogen) atoms. The molecule has 134 valence electrons. The largest absolute Gasteiger partial charge is 0.391 e. The second kappa shape index (κ2) is 6.59. The number of aliphatic hydroxyl groups is 1. The fraction of sp³-hybridized carbons (Fsp3) is 0.227. The molecular weight excluding hydrogens is 336 g/mol. The molecule has 5 nitrogen and oxygen atoms in total. The van der Waals surface area contributed by atoms with Crippen molar-refractivity contribution in [2.45, 2.75) is 12.5 Å². The molecule has 1 aliphatic heterocycles. The molecule has 5 heteroatoms. The van der Waals surface area contributed by atoms with Gasteiger partial charge in [0.15, 0.2) is 0 Å². The second-order valence-electron chi connectivity index (χ2n) is 7.14. The Morgan fingerprint density at radius 1 is 0.889 bits per heavy atom. The number of aromatic nitrogens is 3. The molecule has 1 saturated heterocycles. The first-order valence-corrected chi connectivity index (χ1v) is 9.25. The number of nitrogens with zero attached hydrogens (tertiary/aromatic N) is 4. The summed E-state index contributed by atoms with van der Waals surface area (Å²) in [6.07, 6.45) is 4.09. The van der Waals surface area contributed by atoms with Crippen molar-refractivity contribution >= 4 is 27.8 Å². The van der Waals surface area contributed by atoms with Gasteiger partial charge >= 0.3 is 0 Å². The van der Waals surface area contributed by atoms with Crippen molar-refractivity contribution in [3.8, 4) is 0 Å². The van der Waals surface area contributed by atoms with Crippen LogP contribution in [0.1, 0.15) is 5.56 Å². The molecule has 0 unspecified atom stereocenters. The zero-order chi connectivity index (χ0) is 18.2. The van der Waals surface area contributed by atoms with E-state index in [1.807, 2.05) is 48.7 Å². The highest BCUT2D eigenvalue weighted by molar-refractivity contribution is 5.82. The topological polar surface area (TPSA) is 62.1 Å². The van der Waals surface area contributed by atoms with Crippen LogP contribution in [-0.4, -0.2) is 39.3 Å². The molecule has 5 rings (SSSR count). The summed E-state index contributed by atoms with van der Waals surface area (Å²) in [6, 6.07) is 18.1. The number of hydrogen-bond acceptors (Lipinski definition) is 5. The maximum absolute atomic E-state index is 10.7. The van der Waals surface area contributed by atoms with E-state index < -0.39 is 0 Å². The highest BCUT2D eigenvalue weighted by Crippen LogP contribution is 2.28. The predicted octanol–water partition coefficient (Wildman–Crippen LogP) is 3.22. The van der Waals surface area contributed by atoms with Crippen LogP contribution in [0.3, 0.4) is 0 Å². The second-order valence-corrected chi connectivity index (χ2v) is 7.14. The van der Waals surface area contributed by atoms with Crippen molar-refractivity contribution in [3.63, 3.8) is 0 Å². The number of pyridine rings is 1. The van der Waals surface area contributed by atoms with E-state index in [1.54, 1.807) is 6.20 Å². The third-order valence-electron chi connectivity index (χ3n) is 5.39. The van der Waals surface area contributed by atoms with Crippen molar-refractivity contribution in [3.05, 3.63) is 72.6 Å². The molecular formula is C22H20N4O. The first-order chi connectivity index (χ1) is 13.3. The number of para-hydroxylation sites is 3. The zero-order valence-corrected chi connectivity index (χ0v) is 14.9. The molecule has 0 radical (unpaired) electrons. The number of hydrogen-bond donors (Lipinski definition) is 1. The fourth-order valence-electron chi connectivity index (χ4n) is 3.96. The van der Waals surface area contributed by atoms with Gasteiger partial charge in [0.05, 0.1) is 28.9 Å². The number of β-amino-alcohol motifs (C(OH)–C–C–N with tert-alkyl or cyclic N) is 1. The van der Waals surface area contributed by atoms with E-state index in [9.17, 15) is 5.11 Å². The quantitative estimate of drug-likeness (QED) is 0.611. The lowest BCUT2D eigenvalue weighted by Gasteiger charge is -2.17. The number of aliphatic hydroxyl groups excluding tert-OH is 1. The minimum absolute atomic E-state index is 0.157. The van der Waals surface area contributed by atoms with Gasteiger partial charge in [0.25, 0.3) is 0 Å². The standard InChI is InChI=1S/C22H20N4O/c27-21-14-26(22-12-24-19-7-3-4-8-20(19)25-22)13-16(21)11-15-9-10-23-18-6-2-1-5-17(15)18/h1-10,12,16,21,27H,11,13-14H2/t16-,21+/m1/s1. The molecule has 0 bridgehead atoms. The molecule has 4 aromatic rings. The van der Waals surface area contributed by atoms with Crippen LogP contribution in [0.2, 0.25) is 0 Å². The third-order valence-corrected chi connectivity index (χ3v) is 5.39. The molecule has 0 saturated carbocycles. The van der Waals surface area contributed by atoms with Crippen LogP contribution >= 0.6 is 0 Å². The summed E-state index contributed by atoms with van der Waals surface area (Å²) in [5.74, 6) is 0.985. The summed E-state index contributed by atoms with van der Waals surface area (Å²) in [5.41, 5.74) is 4.00. The Bertz CT molecular complexity index is 1110. The first kappa shape index (κ1) is 16.1. The fourth-order valence-corrected chi connectivity index (χ4v) is 3.96. The summed E-state index contributed by atoms with van der Waals surface area (Å²) in [7, 11) is 0. The summed E-state index contributed by atoms with van der Waals surface area (Å²) >= 11 is 0. The van der Waals surface area contributed by atoms with Crippen LogP contribution in [0.15, 0.2) is 67.0 Å². The number of benzene rings is 2. The summed E-state index contributed by atoms with van der Waals surface area (Å²) in [5, 5.41) is 11.8. The van der Waals surface area contributed by atoms with Gasteiger partial charge in [0.2, 0.25) is 0 Å². The van der Waals surface area contributed by atoms with E-state index in [4.69, 9.17) is 4.98 Å². The Morgan fingerprint density at radius 3 is 2.56 bits per heavy atom. The molecule has 1 fully saturated rings. The minimum Gasteiger partial charge on any atom is -0.391 e. The molecule has 2 atom stereocenters. The molecule has 0 aliphatic carbocycles. The maximum atomic E-state index is 10.7. The van der Waals surface area contributed by atoms with Gasteiger partial charge in [-0.25, -0.2) is 4.98 Å². The number of anilines is 1. The van der Waals surface area contributed by atoms with Crippen LogP contribution in [0.5, 0.6) is 0 Å². The monoisotopic (exact) mass is 356 g/mol. The van der Waals surface area contributed by atoms with Crippen LogP contribution < -0.4 is 4.90 Å². The molecule has 2 aromatic heterocycles. The molecule has 3 heterocycles. The van der Waals surface area contributed by atoms with E-state index in [2.05, 4.69) is 27.0 Å². The van der Waals surface area contributed by atoms with Crippen LogP contribution in [0, 0.1) is 5.92 Å². The van der Waals surface area contributed by atoms with Crippen molar-refractivity contribution in [1.82, 2.24) is 15.0 Å². The lowest BCUT2D eigenvalue weighted by Crippen LogP contribution is -2.22.